The number of halogens is 2. The number of carbonyl (C=O) groups excluding carboxylic acids is 1. The van der Waals surface area contributed by atoms with Crippen molar-refractivity contribution in [3.63, 3.8) is 0 Å². The first-order valence-electron chi connectivity index (χ1n) is 5.12. The molecule has 94 valence electrons. The lowest BCUT2D eigenvalue weighted by molar-refractivity contribution is 0.0657. The smallest absolute Gasteiger partial charge is 0.257 e. The van der Waals surface area contributed by atoms with Gasteiger partial charge >= 0.3 is 0 Å². The van der Waals surface area contributed by atoms with Crippen LogP contribution in [0.25, 0.3) is 0 Å². The van der Waals surface area contributed by atoms with Gasteiger partial charge in [-0.15, -0.1) is 11.6 Å². The predicted molar refractivity (Wildman–Crippen MR) is 65.0 cm³/mol. The van der Waals surface area contributed by atoms with E-state index < -0.39 is 17.3 Å². The molecule has 0 saturated carbocycles. The summed E-state index contributed by atoms with van der Waals surface area (Å²) in [5.74, 6) is -1.09. The minimum absolute atomic E-state index is 0.0621. The largest absolute Gasteiger partial charge is 0.507 e. The van der Waals surface area contributed by atoms with Gasteiger partial charge in [0.15, 0.2) is 0 Å². The zero-order valence-corrected chi connectivity index (χ0v) is 10.8. The molecule has 0 atom stereocenters. The number of hydrogen-bond acceptors (Lipinski definition) is 2. The lowest BCUT2D eigenvalue weighted by Crippen LogP contribution is -2.46. The molecular weight excluding hydrogens is 245 g/mol. The fourth-order valence-corrected chi connectivity index (χ4v) is 1.41. The highest BCUT2D eigenvalue weighted by Gasteiger charge is 2.28. The molecule has 3 nitrogen and oxygen atoms in total. The van der Waals surface area contributed by atoms with E-state index in [9.17, 15) is 14.3 Å². The van der Waals surface area contributed by atoms with E-state index >= 15 is 0 Å². The molecule has 1 aromatic carbocycles. The van der Waals surface area contributed by atoms with E-state index in [4.69, 9.17) is 11.6 Å². The Hall–Kier alpha value is -1.29. The minimum atomic E-state index is -0.585. The van der Waals surface area contributed by atoms with Crippen molar-refractivity contribution in [2.45, 2.75) is 19.4 Å². The van der Waals surface area contributed by atoms with Gasteiger partial charge in [0.05, 0.1) is 11.1 Å². The van der Waals surface area contributed by atoms with E-state index in [2.05, 4.69) is 0 Å². The number of phenols is 1. The lowest BCUT2D eigenvalue weighted by Gasteiger charge is -2.34. The topological polar surface area (TPSA) is 40.5 Å². The summed E-state index contributed by atoms with van der Waals surface area (Å²) in [6, 6.07) is 3.30. The van der Waals surface area contributed by atoms with Crippen molar-refractivity contribution >= 4 is 17.5 Å². The van der Waals surface area contributed by atoms with Crippen molar-refractivity contribution < 1.29 is 14.3 Å². The summed E-state index contributed by atoms with van der Waals surface area (Å²) >= 11 is 5.77. The minimum Gasteiger partial charge on any atom is -0.507 e. The predicted octanol–water partition coefficient (Wildman–Crippen LogP) is 2.62. The summed E-state index contributed by atoms with van der Waals surface area (Å²) in [6.07, 6.45) is 0. The Balaban J connectivity index is 3.05. The fraction of sp³-hybridized carbons (Fsp3) is 0.417. The van der Waals surface area contributed by atoms with Crippen LogP contribution < -0.4 is 0 Å². The van der Waals surface area contributed by atoms with Crippen LogP contribution in [0.1, 0.15) is 24.2 Å². The standard InChI is InChI=1S/C12H15ClFNO2/c1-12(2,7-13)15(3)11(17)9-5-4-8(14)6-10(9)16/h4-6,16H,7H2,1-3H3. The molecule has 0 bridgehead atoms. The van der Waals surface area contributed by atoms with Crippen molar-refractivity contribution in [1.29, 1.82) is 0 Å². The summed E-state index contributed by atoms with van der Waals surface area (Å²) in [5, 5.41) is 9.53. The molecule has 1 rings (SSSR count). The Morgan fingerprint density at radius 1 is 1.53 bits per heavy atom. The molecular formula is C12H15ClFNO2. The Labute approximate surface area is 105 Å². The molecule has 1 amide bonds. The third-order valence-electron chi connectivity index (χ3n) is 2.73. The Morgan fingerprint density at radius 3 is 2.59 bits per heavy atom. The van der Waals surface area contributed by atoms with Crippen LogP contribution in [0.5, 0.6) is 5.75 Å². The molecule has 5 heteroatoms. The highest BCUT2D eigenvalue weighted by atomic mass is 35.5. The summed E-state index contributed by atoms with van der Waals surface area (Å²) in [4.78, 5) is 13.5. The van der Waals surface area contributed by atoms with Crippen molar-refractivity contribution in [2.75, 3.05) is 12.9 Å². The van der Waals surface area contributed by atoms with E-state index in [-0.39, 0.29) is 17.2 Å². The number of phenolic OH excluding ortho intramolecular Hbond substituents is 1. The van der Waals surface area contributed by atoms with Crippen molar-refractivity contribution in [3.8, 4) is 5.75 Å². The zero-order valence-electron chi connectivity index (χ0n) is 10.00. The molecule has 0 spiro atoms. The van der Waals surface area contributed by atoms with Crippen molar-refractivity contribution in [3.05, 3.63) is 29.6 Å². The van der Waals surface area contributed by atoms with E-state index in [1.54, 1.807) is 20.9 Å². The SMILES string of the molecule is CN(C(=O)c1ccc(F)cc1O)C(C)(C)CCl. The van der Waals surface area contributed by atoms with Gasteiger partial charge in [0.1, 0.15) is 11.6 Å². The first kappa shape index (κ1) is 13.8. The molecule has 0 unspecified atom stereocenters. The van der Waals surface area contributed by atoms with Gasteiger partial charge in [-0.05, 0) is 26.0 Å². The zero-order chi connectivity index (χ0) is 13.2. The van der Waals surface area contributed by atoms with Gasteiger partial charge < -0.3 is 10.0 Å². The Morgan fingerprint density at radius 2 is 2.12 bits per heavy atom. The second kappa shape index (κ2) is 4.92. The van der Waals surface area contributed by atoms with Crippen molar-refractivity contribution in [1.82, 2.24) is 4.90 Å². The maximum atomic E-state index is 12.8. The second-order valence-corrected chi connectivity index (χ2v) is 4.74. The van der Waals surface area contributed by atoms with Crippen LogP contribution in [0.4, 0.5) is 4.39 Å². The average molecular weight is 260 g/mol. The normalized spacial score (nSPS) is 11.4. The first-order valence-corrected chi connectivity index (χ1v) is 5.65. The summed E-state index contributed by atoms with van der Waals surface area (Å²) in [6.45, 7) is 3.61. The van der Waals surface area contributed by atoms with Gasteiger partial charge in [0.2, 0.25) is 0 Å². The molecule has 0 aliphatic heterocycles. The lowest BCUT2D eigenvalue weighted by atomic mass is 10.0. The number of alkyl halides is 1. The van der Waals surface area contributed by atoms with Crippen LogP contribution in [0.3, 0.4) is 0 Å². The number of benzene rings is 1. The number of rotatable bonds is 3. The van der Waals surface area contributed by atoms with Crippen LogP contribution in [0.15, 0.2) is 18.2 Å². The Kier molecular flexibility index (Phi) is 3.98. The molecule has 1 aromatic rings. The van der Waals surface area contributed by atoms with Crippen LogP contribution in [-0.4, -0.2) is 34.4 Å². The summed E-state index contributed by atoms with van der Waals surface area (Å²) in [7, 11) is 1.59. The van der Waals surface area contributed by atoms with Crippen molar-refractivity contribution in [2.24, 2.45) is 0 Å². The summed E-state index contributed by atoms with van der Waals surface area (Å²) < 4.78 is 12.8. The highest BCUT2D eigenvalue weighted by Crippen LogP contribution is 2.23. The maximum Gasteiger partial charge on any atom is 0.257 e. The molecule has 0 fully saturated rings. The summed E-state index contributed by atoms with van der Waals surface area (Å²) in [5.41, 5.74) is -0.480. The van der Waals surface area contributed by atoms with Crippen LogP contribution in [-0.2, 0) is 0 Å². The van der Waals surface area contributed by atoms with Crippen LogP contribution >= 0.6 is 11.6 Å². The third kappa shape index (κ3) is 2.88. The number of hydrogen-bond donors (Lipinski definition) is 1. The molecule has 1 N–H and O–H groups in total. The van der Waals surface area contributed by atoms with Gasteiger partial charge in [-0.1, -0.05) is 0 Å². The molecule has 0 aliphatic carbocycles. The molecule has 0 aliphatic rings. The Bertz CT molecular complexity index is 435. The van der Waals surface area contributed by atoms with E-state index in [0.717, 1.165) is 12.1 Å². The maximum absolute atomic E-state index is 12.8. The van der Waals surface area contributed by atoms with Crippen LogP contribution in [0.2, 0.25) is 0 Å². The van der Waals surface area contributed by atoms with E-state index in [1.165, 1.54) is 11.0 Å². The first-order chi connectivity index (χ1) is 7.79. The fourth-order valence-electron chi connectivity index (χ4n) is 1.23. The van der Waals surface area contributed by atoms with Gasteiger partial charge in [0, 0.05) is 19.0 Å². The van der Waals surface area contributed by atoms with Crippen LogP contribution in [0, 0.1) is 5.82 Å². The number of nitrogens with zero attached hydrogens (tertiary/aromatic N) is 1. The quantitative estimate of drug-likeness (QED) is 0.848. The van der Waals surface area contributed by atoms with E-state index in [0.29, 0.717) is 0 Å². The van der Waals surface area contributed by atoms with Gasteiger partial charge in [0.25, 0.3) is 5.91 Å². The third-order valence-corrected chi connectivity index (χ3v) is 3.38. The monoisotopic (exact) mass is 259 g/mol. The molecule has 0 aromatic heterocycles. The molecule has 0 heterocycles. The highest BCUT2D eigenvalue weighted by molar-refractivity contribution is 6.18. The van der Waals surface area contributed by atoms with Gasteiger partial charge in [-0.2, -0.15) is 0 Å². The molecule has 0 saturated heterocycles. The molecule has 0 radical (unpaired) electrons. The number of carbonyl (C=O) groups is 1. The van der Waals surface area contributed by atoms with Gasteiger partial charge in [-0.3, -0.25) is 4.79 Å². The second-order valence-electron chi connectivity index (χ2n) is 4.47. The van der Waals surface area contributed by atoms with E-state index in [1.807, 2.05) is 0 Å². The molecule has 17 heavy (non-hydrogen) atoms. The average Bonchev–Trinajstić information content (AvgIpc) is 2.27. The van der Waals surface area contributed by atoms with Gasteiger partial charge in [-0.25, -0.2) is 4.39 Å². The number of amides is 1. The number of aromatic hydroxyl groups is 1.